The highest BCUT2D eigenvalue weighted by Crippen LogP contribution is 2.20. The Labute approximate surface area is 114 Å². The van der Waals surface area contributed by atoms with Crippen LogP contribution in [0.1, 0.15) is 29.2 Å². The molecule has 2 aromatic rings. The molecule has 2 aromatic carbocycles. The molecule has 18 heavy (non-hydrogen) atoms. The standard InChI is InChI=1S/C16H18ClN/c1-12-5-7-13(8-6-12)9-10-16(18)14-3-2-4-15(17)11-14/h2-8,11,16H,9-10,18H2,1H3. The van der Waals surface area contributed by atoms with Gasteiger partial charge in [0.15, 0.2) is 0 Å². The second-order valence-corrected chi connectivity index (χ2v) is 5.12. The minimum atomic E-state index is 0.0463. The number of rotatable bonds is 4. The van der Waals surface area contributed by atoms with Crippen molar-refractivity contribution in [3.8, 4) is 0 Å². The fourth-order valence-corrected chi connectivity index (χ4v) is 2.18. The van der Waals surface area contributed by atoms with E-state index in [1.807, 2.05) is 24.3 Å². The smallest absolute Gasteiger partial charge is 0.0409 e. The van der Waals surface area contributed by atoms with Gasteiger partial charge in [-0.3, -0.25) is 0 Å². The van der Waals surface area contributed by atoms with Crippen molar-refractivity contribution in [3.05, 3.63) is 70.2 Å². The van der Waals surface area contributed by atoms with E-state index in [0.29, 0.717) is 0 Å². The van der Waals surface area contributed by atoms with Crippen molar-refractivity contribution in [1.82, 2.24) is 0 Å². The van der Waals surface area contributed by atoms with Crippen LogP contribution in [0, 0.1) is 6.92 Å². The lowest BCUT2D eigenvalue weighted by Crippen LogP contribution is -2.11. The SMILES string of the molecule is Cc1ccc(CCC(N)c2cccc(Cl)c2)cc1. The number of halogens is 1. The van der Waals surface area contributed by atoms with Crippen molar-refractivity contribution >= 4 is 11.6 Å². The Morgan fingerprint density at radius 3 is 2.50 bits per heavy atom. The number of hydrogen-bond acceptors (Lipinski definition) is 1. The second-order valence-electron chi connectivity index (χ2n) is 4.69. The normalized spacial score (nSPS) is 12.4. The molecule has 0 bridgehead atoms. The van der Waals surface area contributed by atoms with E-state index in [9.17, 15) is 0 Å². The molecule has 1 nitrogen and oxygen atoms in total. The van der Waals surface area contributed by atoms with Gasteiger partial charge in [-0.1, -0.05) is 53.6 Å². The molecule has 1 unspecified atom stereocenters. The van der Waals surface area contributed by atoms with Crippen molar-refractivity contribution in [3.63, 3.8) is 0 Å². The molecule has 0 radical (unpaired) electrons. The van der Waals surface area contributed by atoms with E-state index in [0.717, 1.165) is 23.4 Å². The summed E-state index contributed by atoms with van der Waals surface area (Å²) in [4.78, 5) is 0. The van der Waals surface area contributed by atoms with Crippen LogP contribution >= 0.6 is 11.6 Å². The molecule has 1 atom stereocenters. The van der Waals surface area contributed by atoms with E-state index in [4.69, 9.17) is 17.3 Å². The molecule has 94 valence electrons. The van der Waals surface area contributed by atoms with Gasteiger partial charge >= 0.3 is 0 Å². The monoisotopic (exact) mass is 259 g/mol. The van der Waals surface area contributed by atoms with E-state index >= 15 is 0 Å². The molecule has 2 heteroatoms. The first kappa shape index (κ1) is 13.1. The number of nitrogens with two attached hydrogens (primary N) is 1. The van der Waals surface area contributed by atoms with Crippen LogP contribution < -0.4 is 5.73 Å². The van der Waals surface area contributed by atoms with Gasteiger partial charge in [-0.05, 0) is 43.0 Å². The van der Waals surface area contributed by atoms with Gasteiger partial charge in [0.05, 0.1) is 0 Å². The van der Waals surface area contributed by atoms with Crippen LogP contribution in [0.2, 0.25) is 5.02 Å². The van der Waals surface area contributed by atoms with Crippen LogP contribution in [0.5, 0.6) is 0 Å². The van der Waals surface area contributed by atoms with Crippen LogP contribution in [0.4, 0.5) is 0 Å². The minimum absolute atomic E-state index is 0.0463. The topological polar surface area (TPSA) is 26.0 Å². The van der Waals surface area contributed by atoms with E-state index in [2.05, 4.69) is 31.2 Å². The summed E-state index contributed by atoms with van der Waals surface area (Å²) in [6, 6.07) is 16.5. The maximum atomic E-state index is 6.18. The van der Waals surface area contributed by atoms with Gasteiger partial charge in [0.2, 0.25) is 0 Å². The summed E-state index contributed by atoms with van der Waals surface area (Å²) >= 11 is 5.97. The molecular formula is C16H18ClN. The summed E-state index contributed by atoms with van der Waals surface area (Å²) < 4.78 is 0. The molecule has 0 spiro atoms. The zero-order valence-corrected chi connectivity index (χ0v) is 11.3. The third-order valence-electron chi connectivity index (χ3n) is 3.14. The van der Waals surface area contributed by atoms with Gasteiger partial charge in [-0.25, -0.2) is 0 Å². The molecule has 0 fully saturated rings. The average molecular weight is 260 g/mol. The predicted octanol–water partition coefficient (Wildman–Crippen LogP) is 4.28. The van der Waals surface area contributed by atoms with Crippen molar-refractivity contribution < 1.29 is 0 Å². The average Bonchev–Trinajstić information content (AvgIpc) is 2.38. The molecule has 0 amide bonds. The summed E-state index contributed by atoms with van der Waals surface area (Å²) in [5.41, 5.74) is 9.91. The molecule has 0 aliphatic heterocycles. The van der Waals surface area contributed by atoms with Crippen LogP contribution in [0.3, 0.4) is 0 Å². The van der Waals surface area contributed by atoms with Gasteiger partial charge in [-0.2, -0.15) is 0 Å². The molecule has 2 rings (SSSR count). The van der Waals surface area contributed by atoms with E-state index in [1.54, 1.807) is 0 Å². The molecule has 0 saturated carbocycles. The van der Waals surface area contributed by atoms with Crippen LogP contribution in [0.25, 0.3) is 0 Å². The Kier molecular flexibility index (Phi) is 4.40. The summed E-state index contributed by atoms with van der Waals surface area (Å²) in [7, 11) is 0. The highest BCUT2D eigenvalue weighted by Gasteiger charge is 2.06. The van der Waals surface area contributed by atoms with Crippen molar-refractivity contribution in [1.29, 1.82) is 0 Å². The lowest BCUT2D eigenvalue weighted by Gasteiger charge is -2.12. The van der Waals surface area contributed by atoms with Crippen molar-refractivity contribution in [2.24, 2.45) is 5.73 Å². The summed E-state index contributed by atoms with van der Waals surface area (Å²) in [6.07, 6.45) is 1.93. The Morgan fingerprint density at radius 1 is 1.11 bits per heavy atom. The Balaban J connectivity index is 1.96. The highest BCUT2D eigenvalue weighted by molar-refractivity contribution is 6.30. The van der Waals surface area contributed by atoms with E-state index in [-0.39, 0.29) is 6.04 Å². The van der Waals surface area contributed by atoms with Crippen LogP contribution in [0.15, 0.2) is 48.5 Å². The fourth-order valence-electron chi connectivity index (χ4n) is 1.98. The predicted molar refractivity (Wildman–Crippen MR) is 77.9 cm³/mol. The van der Waals surface area contributed by atoms with Gasteiger partial charge < -0.3 is 5.73 Å². The molecular weight excluding hydrogens is 242 g/mol. The molecule has 0 aliphatic rings. The zero-order chi connectivity index (χ0) is 13.0. The van der Waals surface area contributed by atoms with E-state index in [1.165, 1.54) is 11.1 Å². The molecule has 0 heterocycles. The van der Waals surface area contributed by atoms with Gasteiger partial charge in [0.25, 0.3) is 0 Å². The largest absolute Gasteiger partial charge is 0.324 e. The Bertz CT molecular complexity index is 505. The van der Waals surface area contributed by atoms with Crippen molar-refractivity contribution in [2.45, 2.75) is 25.8 Å². The lowest BCUT2D eigenvalue weighted by molar-refractivity contribution is 0.651. The molecule has 2 N–H and O–H groups in total. The van der Waals surface area contributed by atoms with Gasteiger partial charge in [0.1, 0.15) is 0 Å². The van der Waals surface area contributed by atoms with E-state index < -0.39 is 0 Å². The Morgan fingerprint density at radius 2 is 1.83 bits per heavy atom. The first-order chi connectivity index (χ1) is 8.65. The lowest BCUT2D eigenvalue weighted by atomic mass is 9.99. The fraction of sp³-hybridized carbons (Fsp3) is 0.250. The third-order valence-corrected chi connectivity index (χ3v) is 3.38. The zero-order valence-electron chi connectivity index (χ0n) is 10.6. The number of aryl methyl sites for hydroxylation is 2. The summed E-state index contributed by atoms with van der Waals surface area (Å²) in [5, 5.41) is 0.748. The quantitative estimate of drug-likeness (QED) is 0.871. The highest BCUT2D eigenvalue weighted by atomic mass is 35.5. The summed E-state index contributed by atoms with van der Waals surface area (Å²) in [5.74, 6) is 0. The van der Waals surface area contributed by atoms with Crippen LogP contribution in [-0.4, -0.2) is 0 Å². The first-order valence-electron chi connectivity index (χ1n) is 6.22. The first-order valence-corrected chi connectivity index (χ1v) is 6.59. The number of hydrogen-bond donors (Lipinski definition) is 1. The molecule has 0 saturated heterocycles. The van der Waals surface area contributed by atoms with Crippen molar-refractivity contribution in [2.75, 3.05) is 0 Å². The third kappa shape index (κ3) is 3.59. The second kappa shape index (κ2) is 6.03. The maximum Gasteiger partial charge on any atom is 0.0409 e. The maximum absolute atomic E-state index is 6.18. The van der Waals surface area contributed by atoms with Crippen LogP contribution in [-0.2, 0) is 6.42 Å². The molecule has 0 aromatic heterocycles. The number of benzene rings is 2. The van der Waals surface area contributed by atoms with Gasteiger partial charge in [0, 0.05) is 11.1 Å². The van der Waals surface area contributed by atoms with Gasteiger partial charge in [-0.15, -0.1) is 0 Å². The summed E-state index contributed by atoms with van der Waals surface area (Å²) in [6.45, 7) is 2.10. The Hall–Kier alpha value is -1.31. The minimum Gasteiger partial charge on any atom is -0.324 e. The molecule has 0 aliphatic carbocycles.